The third-order valence-electron chi connectivity index (χ3n) is 3.10. The first-order valence-corrected chi connectivity index (χ1v) is 6.21. The zero-order valence-electron chi connectivity index (χ0n) is 10.5. The number of hydrogen-bond donors (Lipinski definition) is 2. The van der Waals surface area contributed by atoms with Gasteiger partial charge < -0.3 is 15.4 Å². The molecule has 0 atom stereocenters. The molecule has 4 nitrogen and oxygen atoms in total. The summed E-state index contributed by atoms with van der Waals surface area (Å²) in [6, 6.07) is 0. The molecule has 0 aromatic carbocycles. The summed E-state index contributed by atoms with van der Waals surface area (Å²) < 4.78 is 5.19. The zero-order chi connectivity index (χ0) is 11.9. The Morgan fingerprint density at radius 1 is 1.44 bits per heavy atom. The third kappa shape index (κ3) is 4.94. The first-order chi connectivity index (χ1) is 7.66. The number of ether oxygens (including phenoxy) is 1. The van der Waals surface area contributed by atoms with E-state index in [-0.39, 0.29) is 17.9 Å². The highest BCUT2D eigenvalue weighted by atomic mass is 16.5. The Kier molecular flexibility index (Phi) is 5.77. The first kappa shape index (κ1) is 13.5. The molecule has 0 unspecified atom stereocenters. The number of carbonyl (C=O) groups excluding carboxylic acids is 1. The number of piperidine rings is 1. The van der Waals surface area contributed by atoms with E-state index >= 15 is 0 Å². The molecule has 0 radical (unpaired) electrons. The maximum Gasteiger partial charge on any atom is 0.246 e. The summed E-state index contributed by atoms with van der Waals surface area (Å²) in [7, 11) is 0. The van der Waals surface area contributed by atoms with Gasteiger partial charge in [0.15, 0.2) is 0 Å². The molecule has 2 N–H and O–H groups in total. The minimum atomic E-state index is 0.00760. The number of rotatable bonds is 6. The van der Waals surface area contributed by atoms with E-state index < -0.39 is 0 Å². The fraction of sp³-hybridized carbons (Fsp3) is 0.917. The van der Waals surface area contributed by atoms with Crippen LogP contribution in [0.15, 0.2) is 0 Å². The van der Waals surface area contributed by atoms with Gasteiger partial charge in [0.05, 0.1) is 0 Å². The smallest absolute Gasteiger partial charge is 0.246 e. The van der Waals surface area contributed by atoms with Gasteiger partial charge in [-0.05, 0) is 37.8 Å². The highest BCUT2D eigenvalue weighted by Crippen LogP contribution is 2.26. The van der Waals surface area contributed by atoms with Crippen molar-refractivity contribution in [3.63, 3.8) is 0 Å². The Labute approximate surface area is 98.1 Å². The van der Waals surface area contributed by atoms with E-state index in [4.69, 9.17) is 4.74 Å². The molecule has 0 aliphatic carbocycles. The van der Waals surface area contributed by atoms with E-state index in [0.29, 0.717) is 6.61 Å². The van der Waals surface area contributed by atoms with Gasteiger partial charge in [0.25, 0.3) is 0 Å². The summed E-state index contributed by atoms with van der Waals surface area (Å²) in [5.41, 5.74) is 0.256. The van der Waals surface area contributed by atoms with Crippen LogP contribution < -0.4 is 10.6 Å². The van der Waals surface area contributed by atoms with Crippen LogP contribution in [0, 0.1) is 5.41 Å². The van der Waals surface area contributed by atoms with Crippen LogP contribution >= 0.6 is 0 Å². The van der Waals surface area contributed by atoms with Crippen LogP contribution in [0.3, 0.4) is 0 Å². The molecule has 0 aromatic rings. The predicted octanol–water partition coefficient (Wildman–Crippen LogP) is 0.919. The Hall–Kier alpha value is -0.610. The molecule has 1 aliphatic heterocycles. The summed E-state index contributed by atoms with van der Waals surface area (Å²) in [6.07, 6.45) is 3.21. The molecule has 16 heavy (non-hydrogen) atoms. The second-order valence-corrected chi connectivity index (χ2v) is 4.89. The van der Waals surface area contributed by atoms with E-state index in [1.165, 1.54) is 0 Å². The molecule has 0 saturated carbocycles. The van der Waals surface area contributed by atoms with Crippen LogP contribution in [0.1, 0.15) is 33.1 Å². The Balaban J connectivity index is 2.14. The van der Waals surface area contributed by atoms with Crippen molar-refractivity contribution in [2.45, 2.75) is 33.1 Å². The average Bonchev–Trinajstić information content (AvgIpc) is 2.28. The van der Waals surface area contributed by atoms with Crippen LogP contribution in [-0.2, 0) is 9.53 Å². The van der Waals surface area contributed by atoms with Crippen molar-refractivity contribution in [1.82, 2.24) is 10.6 Å². The fourth-order valence-electron chi connectivity index (χ4n) is 1.88. The van der Waals surface area contributed by atoms with Gasteiger partial charge in [-0.15, -0.1) is 0 Å². The molecule has 0 spiro atoms. The summed E-state index contributed by atoms with van der Waals surface area (Å²) in [5, 5.41) is 6.29. The summed E-state index contributed by atoms with van der Waals surface area (Å²) in [4.78, 5) is 11.5. The van der Waals surface area contributed by atoms with Crippen molar-refractivity contribution in [2.24, 2.45) is 5.41 Å². The molecular weight excluding hydrogens is 204 g/mol. The molecule has 1 amide bonds. The number of hydrogen-bond acceptors (Lipinski definition) is 3. The Bertz CT molecular complexity index is 213. The minimum absolute atomic E-state index is 0.00760. The van der Waals surface area contributed by atoms with Crippen LogP contribution in [-0.4, -0.2) is 38.8 Å². The summed E-state index contributed by atoms with van der Waals surface area (Å²) >= 11 is 0. The number of carbonyl (C=O) groups is 1. The molecule has 0 bridgehead atoms. The lowest BCUT2D eigenvalue weighted by Crippen LogP contribution is -2.43. The van der Waals surface area contributed by atoms with Crippen molar-refractivity contribution < 1.29 is 9.53 Å². The van der Waals surface area contributed by atoms with Gasteiger partial charge >= 0.3 is 0 Å². The molecule has 1 heterocycles. The van der Waals surface area contributed by atoms with Crippen molar-refractivity contribution in [1.29, 1.82) is 0 Å². The van der Waals surface area contributed by atoms with Gasteiger partial charge in [-0.2, -0.15) is 0 Å². The topological polar surface area (TPSA) is 50.4 Å². The quantitative estimate of drug-likeness (QED) is 0.665. The monoisotopic (exact) mass is 228 g/mol. The van der Waals surface area contributed by atoms with Gasteiger partial charge in [0.1, 0.15) is 6.61 Å². The normalized spacial score (nSPS) is 19.4. The van der Waals surface area contributed by atoms with Gasteiger partial charge in [-0.3, -0.25) is 4.79 Å². The lowest BCUT2D eigenvalue weighted by Gasteiger charge is -2.34. The maximum atomic E-state index is 11.5. The number of amides is 1. The van der Waals surface area contributed by atoms with Crippen LogP contribution in [0.4, 0.5) is 0 Å². The van der Waals surface area contributed by atoms with Crippen molar-refractivity contribution in [2.75, 3.05) is 32.8 Å². The first-order valence-electron chi connectivity index (χ1n) is 6.21. The van der Waals surface area contributed by atoms with Crippen LogP contribution in [0.2, 0.25) is 0 Å². The molecule has 4 heteroatoms. The summed E-state index contributed by atoms with van der Waals surface area (Å²) in [6.45, 7) is 8.01. The highest BCUT2D eigenvalue weighted by Gasteiger charge is 2.26. The lowest BCUT2D eigenvalue weighted by molar-refractivity contribution is -0.126. The molecule has 1 rings (SSSR count). The molecule has 1 fully saturated rings. The van der Waals surface area contributed by atoms with Gasteiger partial charge in [-0.25, -0.2) is 0 Å². The second kappa shape index (κ2) is 6.86. The van der Waals surface area contributed by atoms with E-state index in [1.807, 2.05) is 6.92 Å². The minimum Gasteiger partial charge on any atom is -0.372 e. The van der Waals surface area contributed by atoms with Crippen molar-refractivity contribution in [3.05, 3.63) is 0 Å². The van der Waals surface area contributed by atoms with E-state index in [1.54, 1.807) is 0 Å². The van der Waals surface area contributed by atoms with Gasteiger partial charge in [0, 0.05) is 13.2 Å². The van der Waals surface area contributed by atoms with E-state index in [2.05, 4.69) is 17.6 Å². The Morgan fingerprint density at radius 3 is 2.75 bits per heavy atom. The molecule has 94 valence electrons. The molecular formula is C12H24N2O2. The SMILES string of the molecule is CCCOCC(=O)NCC1(C)CCNCC1. The van der Waals surface area contributed by atoms with Crippen LogP contribution in [0.25, 0.3) is 0 Å². The Morgan fingerprint density at radius 2 is 2.12 bits per heavy atom. The van der Waals surface area contributed by atoms with Crippen molar-refractivity contribution in [3.8, 4) is 0 Å². The second-order valence-electron chi connectivity index (χ2n) is 4.89. The fourth-order valence-corrected chi connectivity index (χ4v) is 1.88. The van der Waals surface area contributed by atoms with Gasteiger partial charge in [0.2, 0.25) is 5.91 Å². The molecule has 1 aliphatic rings. The largest absolute Gasteiger partial charge is 0.372 e. The molecule has 1 saturated heterocycles. The standard InChI is InChI=1S/C12H24N2O2/c1-3-8-16-9-11(15)14-10-12(2)4-6-13-7-5-12/h13H,3-10H2,1-2H3,(H,14,15). The number of nitrogens with one attached hydrogen (secondary N) is 2. The molecule has 0 aromatic heterocycles. The lowest BCUT2D eigenvalue weighted by atomic mass is 9.81. The summed E-state index contributed by atoms with van der Waals surface area (Å²) in [5.74, 6) is 0.00760. The van der Waals surface area contributed by atoms with Crippen molar-refractivity contribution >= 4 is 5.91 Å². The van der Waals surface area contributed by atoms with E-state index in [0.717, 1.165) is 38.9 Å². The predicted molar refractivity (Wildman–Crippen MR) is 64.3 cm³/mol. The highest BCUT2D eigenvalue weighted by molar-refractivity contribution is 5.77. The van der Waals surface area contributed by atoms with E-state index in [9.17, 15) is 4.79 Å². The average molecular weight is 228 g/mol. The van der Waals surface area contributed by atoms with Gasteiger partial charge in [-0.1, -0.05) is 13.8 Å². The van der Waals surface area contributed by atoms with Crippen LogP contribution in [0.5, 0.6) is 0 Å². The maximum absolute atomic E-state index is 11.5. The third-order valence-corrected chi connectivity index (χ3v) is 3.10. The zero-order valence-corrected chi connectivity index (χ0v) is 10.5.